The Hall–Kier alpha value is -2.48. The zero-order chi connectivity index (χ0) is 20.2. The van der Waals surface area contributed by atoms with E-state index in [1.165, 1.54) is 7.11 Å². The number of nitrogens with two attached hydrogens (primary N) is 1. The fourth-order valence-corrected chi connectivity index (χ4v) is 2.92. The van der Waals surface area contributed by atoms with Crippen molar-refractivity contribution in [2.45, 2.75) is 44.9 Å². The largest absolute Gasteiger partial charge is 0.495 e. The molecule has 1 aliphatic heterocycles. The van der Waals surface area contributed by atoms with Gasteiger partial charge in [0.25, 0.3) is 5.91 Å². The van der Waals surface area contributed by atoms with E-state index >= 15 is 0 Å². The van der Waals surface area contributed by atoms with Gasteiger partial charge in [-0.2, -0.15) is 0 Å². The maximum absolute atomic E-state index is 12.6. The predicted molar refractivity (Wildman–Crippen MR) is 102 cm³/mol. The molecule has 2 amide bonds. The van der Waals surface area contributed by atoms with Gasteiger partial charge in [0.2, 0.25) is 0 Å². The lowest BCUT2D eigenvalue weighted by molar-refractivity contribution is -0.0172. The highest BCUT2D eigenvalue weighted by Crippen LogP contribution is 2.23. The molecule has 1 saturated heterocycles. The molecule has 27 heavy (non-hydrogen) atoms. The maximum atomic E-state index is 12.6. The third-order valence-corrected chi connectivity index (χ3v) is 4.33. The Morgan fingerprint density at radius 1 is 1.26 bits per heavy atom. The number of anilines is 1. The second-order valence-electron chi connectivity index (χ2n) is 7.53. The molecule has 8 heteroatoms. The number of methoxy groups -OCH3 is 2. The quantitative estimate of drug-likeness (QED) is 0.776. The van der Waals surface area contributed by atoms with Crippen molar-refractivity contribution in [1.29, 1.82) is 0 Å². The summed E-state index contributed by atoms with van der Waals surface area (Å²) in [4.78, 5) is 26.5. The summed E-state index contributed by atoms with van der Waals surface area (Å²) in [5.74, 6) is 0.205. The number of piperidine rings is 1. The Bertz CT molecular complexity index is 686. The van der Waals surface area contributed by atoms with Gasteiger partial charge in [-0.3, -0.25) is 4.79 Å². The van der Waals surface area contributed by atoms with Crippen LogP contribution in [-0.4, -0.2) is 62.0 Å². The minimum atomic E-state index is -0.557. The van der Waals surface area contributed by atoms with Gasteiger partial charge < -0.3 is 30.2 Å². The molecule has 2 rings (SSSR count). The normalized spacial score (nSPS) is 20.1. The van der Waals surface area contributed by atoms with Gasteiger partial charge in [-0.15, -0.1) is 0 Å². The zero-order valence-electron chi connectivity index (χ0n) is 16.6. The molecule has 3 N–H and O–H groups in total. The summed E-state index contributed by atoms with van der Waals surface area (Å²) in [5, 5.41) is 2.98. The molecule has 150 valence electrons. The minimum Gasteiger partial charge on any atom is -0.495 e. The van der Waals surface area contributed by atoms with Crippen LogP contribution in [-0.2, 0) is 9.47 Å². The first-order chi connectivity index (χ1) is 12.6. The summed E-state index contributed by atoms with van der Waals surface area (Å²) in [5.41, 5.74) is 6.15. The highest BCUT2D eigenvalue weighted by molar-refractivity contribution is 5.95. The van der Waals surface area contributed by atoms with Crippen LogP contribution in [0.2, 0.25) is 0 Å². The van der Waals surface area contributed by atoms with Crippen molar-refractivity contribution in [1.82, 2.24) is 10.2 Å². The summed E-state index contributed by atoms with van der Waals surface area (Å²) in [7, 11) is 3.06. The first-order valence-corrected chi connectivity index (χ1v) is 8.89. The van der Waals surface area contributed by atoms with Crippen molar-refractivity contribution in [3.05, 3.63) is 23.8 Å². The van der Waals surface area contributed by atoms with Crippen molar-refractivity contribution >= 4 is 17.7 Å². The second-order valence-corrected chi connectivity index (χ2v) is 7.53. The van der Waals surface area contributed by atoms with Gasteiger partial charge in [0.05, 0.1) is 31.5 Å². The summed E-state index contributed by atoms with van der Waals surface area (Å²) >= 11 is 0. The number of hydrogen-bond donors (Lipinski definition) is 2. The van der Waals surface area contributed by atoms with Crippen molar-refractivity contribution < 1.29 is 23.8 Å². The number of benzene rings is 1. The van der Waals surface area contributed by atoms with Crippen LogP contribution in [0.5, 0.6) is 5.75 Å². The topological polar surface area (TPSA) is 103 Å². The van der Waals surface area contributed by atoms with Gasteiger partial charge in [-0.05, 0) is 45.4 Å². The van der Waals surface area contributed by atoms with Crippen LogP contribution in [0.1, 0.15) is 37.6 Å². The molecule has 8 nitrogen and oxygen atoms in total. The zero-order valence-corrected chi connectivity index (χ0v) is 16.6. The lowest BCUT2D eigenvalue weighted by Gasteiger charge is -2.38. The molecule has 1 aromatic carbocycles. The molecule has 2 atom stereocenters. The van der Waals surface area contributed by atoms with E-state index in [9.17, 15) is 9.59 Å². The van der Waals surface area contributed by atoms with E-state index in [1.54, 1.807) is 30.2 Å². The molecule has 0 radical (unpaired) electrons. The molecule has 0 aromatic heterocycles. The average Bonchev–Trinajstić information content (AvgIpc) is 2.60. The van der Waals surface area contributed by atoms with Crippen molar-refractivity contribution in [2.75, 3.05) is 33.0 Å². The van der Waals surface area contributed by atoms with Crippen molar-refractivity contribution in [2.24, 2.45) is 0 Å². The Kier molecular flexibility index (Phi) is 6.54. The Morgan fingerprint density at radius 2 is 1.96 bits per heavy atom. The summed E-state index contributed by atoms with van der Waals surface area (Å²) in [6, 6.07) is 4.66. The lowest BCUT2D eigenvalue weighted by Crippen LogP contribution is -2.56. The molecule has 0 aliphatic carbocycles. The molecule has 1 aromatic rings. The lowest BCUT2D eigenvalue weighted by atomic mass is 10.0. The fraction of sp³-hybridized carbons (Fsp3) is 0.579. The summed E-state index contributed by atoms with van der Waals surface area (Å²) in [6.07, 6.45) is -0.140. The first kappa shape index (κ1) is 20.8. The predicted octanol–water partition coefficient (Wildman–Crippen LogP) is 2.03. The van der Waals surface area contributed by atoms with E-state index in [0.29, 0.717) is 36.5 Å². The molecule has 0 spiro atoms. The average molecular weight is 379 g/mol. The SMILES string of the molecule is COc1cc(C(=O)N[C@@H]2CCN(C(=O)OC(C)(C)C)C[C@@H]2OC)ccc1N. The molecule has 0 bridgehead atoms. The number of nitrogens with zero attached hydrogens (tertiary/aromatic N) is 1. The van der Waals surface area contributed by atoms with Crippen LogP contribution in [0.4, 0.5) is 10.5 Å². The van der Waals surface area contributed by atoms with E-state index < -0.39 is 5.60 Å². The standard InChI is InChI=1S/C19H29N3O5/c1-19(2,3)27-18(24)22-9-8-14(16(11-22)26-5)21-17(23)12-6-7-13(20)15(10-12)25-4/h6-7,10,14,16H,8-9,11,20H2,1-5H3,(H,21,23)/t14-,16+/m1/s1. The van der Waals surface area contributed by atoms with Crippen molar-refractivity contribution in [3.8, 4) is 5.75 Å². The molecule has 1 heterocycles. The summed E-state index contributed by atoms with van der Waals surface area (Å²) in [6.45, 7) is 6.30. The fourth-order valence-electron chi connectivity index (χ4n) is 2.92. The maximum Gasteiger partial charge on any atom is 0.410 e. The molecule has 1 aliphatic rings. The highest BCUT2D eigenvalue weighted by atomic mass is 16.6. The van der Waals surface area contributed by atoms with Crippen LogP contribution in [0.15, 0.2) is 18.2 Å². The molecule has 0 saturated carbocycles. The highest BCUT2D eigenvalue weighted by Gasteiger charge is 2.34. The number of nitrogen functional groups attached to an aromatic ring is 1. The van der Waals surface area contributed by atoms with Gasteiger partial charge in [-0.25, -0.2) is 4.79 Å². The Labute approximate surface area is 159 Å². The van der Waals surface area contributed by atoms with Crippen LogP contribution >= 0.6 is 0 Å². The monoisotopic (exact) mass is 379 g/mol. The second kappa shape index (κ2) is 8.47. The number of likely N-dealkylation sites (tertiary alicyclic amines) is 1. The van der Waals surface area contributed by atoms with Crippen LogP contribution in [0.25, 0.3) is 0 Å². The smallest absolute Gasteiger partial charge is 0.410 e. The minimum absolute atomic E-state index is 0.218. The van der Waals surface area contributed by atoms with Gasteiger partial charge in [-0.1, -0.05) is 0 Å². The molecular formula is C19H29N3O5. The van der Waals surface area contributed by atoms with E-state index in [-0.39, 0.29) is 24.1 Å². The molecular weight excluding hydrogens is 350 g/mol. The number of amides is 2. The van der Waals surface area contributed by atoms with Crippen molar-refractivity contribution in [3.63, 3.8) is 0 Å². The van der Waals surface area contributed by atoms with E-state index in [1.807, 2.05) is 20.8 Å². The third-order valence-electron chi connectivity index (χ3n) is 4.33. The number of rotatable bonds is 4. The number of hydrogen-bond acceptors (Lipinski definition) is 6. The van der Waals surface area contributed by atoms with Crippen LogP contribution in [0, 0.1) is 0 Å². The van der Waals surface area contributed by atoms with E-state index in [0.717, 1.165) is 0 Å². The van der Waals surface area contributed by atoms with Gasteiger partial charge in [0.1, 0.15) is 11.4 Å². The summed E-state index contributed by atoms with van der Waals surface area (Å²) < 4.78 is 16.1. The number of carbonyl (C=O) groups excluding carboxylic acids is 2. The molecule has 0 unspecified atom stereocenters. The van der Waals surface area contributed by atoms with Gasteiger partial charge in [0.15, 0.2) is 0 Å². The molecule has 1 fully saturated rings. The van der Waals surface area contributed by atoms with E-state index in [4.69, 9.17) is 19.9 Å². The first-order valence-electron chi connectivity index (χ1n) is 8.89. The number of ether oxygens (including phenoxy) is 3. The van der Waals surface area contributed by atoms with Crippen LogP contribution in [0.3, 0.4) is 0 Å². The Morgan fingerprint density at radius 3 is 2.56 bits per heavy atom. The third kappa shape index (κ3) is 5.50. The number of nitrogens with one attached hydrogen (secondary N) is 1. The Balaban J connectivity index is 2.01. The van der Waals surface area contributed by atoms with Crippen LogP contribution < -0.4 is 15.8 Å². The number of carbonyl (C=O) groups is 2. The van der Waals surface area contributed by atoms with E-state index in [2.05, 4.69) is 5.32 Å². The van der Waals surface area contributed by atoms with Gasteiger partial charge in [0, 0.05) is 19.2 Å². The van der Waals surface area contributed by atoms with Gasteiger partial charge >= 0.3 is 6.09 Å².